The van der Waals surface area contributed by atoms with Crippen molar-refractivity contribution in [1.82, 2.24) is 5.43 Å². The molecule has 1 aromatic heterocycles. The number of carbonyl (C=O) groups excluding carboxylic acids is 1. The molecule has 0 saturated heterocycles. The summed E-state index contributed by atoms with van der Waals surface area (Å²) >= 11 is 4.79. The summed E-state index contributed by atoms with van der Waals surface area (Å²) in [5, 5.41) is 5.83. The fourth-order valence-electron chi connectivity index (χ4n) is 1.41. The molecule has 1 N–H and O–H groups in total. The highest BCUT2D eigenvalue weighted by Gasteiger charge is 2.08. The molecule has 0 radical (unpaired) electrons. The molecule has 1 heterocycles. The Morgan fingerprint density at radius 3 is 2.94 bits per heavy atom. The summed E-state index contributed by atoms with van der Waals surface area (Å²) in [5.74, 6) is -0.172. The average molecular weight is 323 g/mol. The third-order valence-corrected chi connectivity index (χ3v) is 3.81. The van der Waals surface area contributed by atoms with E-state index in [1.165, 1.54) is 11.3 Å². The molecule has 1 amide bonds. The molecule has 92 valence electrons. The number of amides is 1. The molecule has 2 aromatic rings. The van der Waals surface area contributed by atoms with E-state index in [2.05, 4.69) is 26.5 Å². The van der Waals surface area contributed by atoms with Crippen molar-refractivity contribution in [2.24, 2.45) is 5.10 Å². The first-order valence-electron chi connectivity index (χ1n) is 5.30. The Hall–Kier alpha value is -1.46. The molecule has 2 rings (SSSR count). The Bertz CT molecular complexity index is 592. The van der Waals surface area contributed by atoms with Crippen molar-refractivity contribution >= 4 is 39.4 Å². The fourth-order valence-corrected chi connectivity index (χ4v) is 2.64. The van der Waals surface area contributed by atoms with Crippen molar-refractivity contribution in [3.8, 4) is 0 Å². The van der Waals surface area contributed by atoms with Crippen molar-refractivity contribution in [2.75, 3.05) is 0 Å². The number of hydrazone groups is 1. The normalized spacial score (nSPS) is 10.8. The minimum atomic E-state index is -0.172. The van der Waals surface area contributed by atoms with Gasteiger partial charge in [-0.05, 0) is 41.6 Å². The van der Waals surface area contributed by atoms with E-state index in [0.717, 1.165) is 15.6 Å². The second kappa shape index (κ2) is 5.93. The molecule has 1 aromatic carbocycles. The van der Waals surface area contributed by atoms with Crippen LogP contribution >= 0.6 is 27.3 Å². The summed E-state index contributed by atoms with van der Waals surface area (Å²) < 4.78 is 0.979. The number of rotatable bonds is 3. The lowest BCUT2D eigenvalue weighted by Crippen LogP contribution is -2.17. The van der Waals surface area contributed by atoms with Gasteiger partial charge in [-0.3, -0.25) is 4.79 Å². The molecule has 0 atom stereocenters. The maximum atomic E-state index is 11.8. The molecular formula is C13H11BrN2OS. The number of carbonyl (C=O) groups is 1. The number of benzene rings is 1. The van der Waals surface area contributed by atoms with Gasteiger partial charge in [0, 0.05) is 4.47 Å². The van der Waals surface area contributed by atoms with Crippen LogP contribution in [0.1, 0.15) is 20.8 Å². The smallest absolute Gasteiger partial charge is 0.266 e. The average Bonchev–Trinajstić information content (AvgIpc) is 2.75. The molecule has 3 nitrogen and oxygen atoms in total. The van der Waals surface area contributed by atoms with Gasteiger partial charge >= 0.3 is 0 Å². The monoisotopic (exact) mass is 322 g/mol. The Labute approximate surface area is 118 Å². The van der Waals surface area contributed by atoms with E-state index in [1.807, 2.05) is 42.6 Å². The zero-order valence-corrected chi connectivity index (χ0v) is 12.1. The lowest BCUT2D eigenvalue weighted by atomic mass is 10.2. The van der Waals surface area contributed by atoms with E-state index in [9.17, 15) is 4.79 Å². The molecule has 18 heavy (non-hydrogen) atoms. The second-order valence-corrected chi connectivity index (χ2v) is 5.52. The Balaban J connectivity index is 2.00. The van der Waals surface area contributed by atoms with Gasteiger partial charge in [0.05, 0.1) is 11.1 Å². The number of aryl methyl sites for hydroxylation is 1. The van der Waals surface area contributed by atoms with Gasteiger partial charge in [0.25, 0.3) is 5.91 Å². The Morgan fingerprint density at radius 2 is 2.28 bits per heavy atom. The molecule has 0 spiro atoms. The summed E-state index contributed by atoms with van der Waals surface area (Å²) in [4.78, 5) is 12.5. The maximum Gasteiger partial charge on any atom is 0.281 e. The molecule has 0 saturated carbocycles. The van der Waals surface area contributed by atoms with Crippen molar-refractivity contribution in [1.29, 1.82) is 0 Å². The highest BCUT2D eigenvalue weighted by Crippen LogP contribution is 2.15. The maximum absolute atomic E-state index is 11.8. The lowest BCUT2D eigenvalue weighted by Gasteiger charge is -1.98. The predicted molar refractivity (Wildman–Crippen MR) is 78.3 cm³/mol. The van der Waals surface area contributed by atoms with Crippen molar-refractivity contribution < 1.29 is 4.79 Å². The van der Waals surface area contributed by atoms with E-state index in [1.54, 1.807) is 6.21 Å². The van der Waals surface area contributed by atoms with E-state index in [4.69, 9.17) is 0 Å². The number of halogens is 1. The van der Waals surface area contributed by atoms with Gasteiger partial charge in [-0.2, -0.15) is 5.10 Å². The van der Waals surface area contributed by atoms with Crippen LogP contribution in [0.15, 0.2) is 45.3 Å². The van der Waals surface area contributed by atoms with Crippen LogP contribution in [-0.2, 0) is 0 Å². The largest absolute Gasteiger partial charge is 0.281 e. The highest BCUT2D eigenvalue weighted by atomic mass is 79.9. The molecule has 0 aliphatic carbocycles. The molecule has 5 heteroatoms. The van der Waals surface area contributed by atoms with Crippen LogP contribution in [-0.4, -0.2) is 12.1 Å². The SMILES string of the molecule is Cc1ccsc1C(=O)N/N=C/c1cccc(Br)c1. The van der Waals surface area contributed by atoms with Gasteiger partial charge in [-0.25, -0.2) is 5.43 Å². The molecule has 0 unspecified atom stereocenters. The predicted octanol–water partition coefficient (Wildman–Crippen LogP) is 3.58. The third kappa shape index (κ3) is 3.27. The fraction of sp³-hybridized carbons (Fsp3) is 0.0769. The van der Waals surface area contributed by atoms with Crippen LogP contribution in [0.2, 0.25) is 0 Å². The zero-order chi connectivity index (χ0) is 13.0. The number of nitrogens with one attached hydrogen (secondary N) is 1. The topological polar surface area (TPSA) is 41.5 Å². The van der Waals surface area contributed by atoms with Crippen LogP contribution in [0, 0.1) is 6.92 Å². The van der Waals surface area contributed by atoms with Crippen molar-refractivity contribution in [3.05, 3.63) is 56.2 Å². The second-order valence-electron chi connectivity index (χ2n) is 3.69. The Kier molecular flexibility index (Phi) is 4.28. The summed E-state index contributed by atoms with van der Waals surface area (Å²) in [6.45, 7) is 1.91. The molecular weight excluding hydrogens is 312 g/mol. The van der Waals surface area contributed by atoms with Crippen LogP contribution in [0.4, 0.5) is 0 Å². The first-order chi connectivity index (χ1) is 8.66. The Morgan fingerprint density at radius 1 is 1.44 bits per heavy atom. The first kappa shape index (κ1) is 13.0. The van der Waals surface area contributed by atoms with Gasteiger partial charge < -0.3 is 0 Å². The van der Waals surface area contributed by atoms with E-state index in [0.29, 0.717) is 4.88 Å². The van der Waals surface area contributed by atoms with Crippen LogP contribution in [0.3, 0.4) is 0 Å². The van der Waals surface area contributed by atoms with Crippen LogP contribution in [0.25, 0.3) is 0 Å². The summed E-state index contributed by atoms with van der Waals surface area (Å²) in [5.41, 5.74) is 4.41. The van der Waals surface area contributed by atoms with Gasteiger partial charge in [0.2, 0.25) is 0 Å². The van der Waals surface area contributed by atoms with Crippen LogP contribution < -0.4 is 5.43 Å². The third-order valence-electron chi connectivity index (χ3n) is 2.30. The number of nitrogens with zero attached hydrogens (tertiary/aromatic N) is 1. The number of hydrogen-bond acceptors (Lipinski definition) is 3. The number of thiophene rings is 1. The molecule has 0 fully saturated rings. The van der Waals surface area contributed by atoms with E-state index < -0.39 is 0 Å². The minimum Gasteiger partial charge on any atom is -0.266 e. The van der Waals surface area contributed by atoms with Gasteiger partial charge in [0.15, 0.2) is 0 Å². The van der Waals surface area contributed by atoms with E-state index >= 15 is 0 Å². The standard InChI is InChI=1S/C13H11BrN2OS/c1-9-5-6-18-12(9)13(17)16-15-8-10-3-2-4-11(14)7-10/h2-8H,1H3,(H,16,17)/b15-8+. The quantitative estimate of drug-likeness (QED) is 0.681. The lowest BCUT2D eigenvalue weighted by molar-refractivity contribution is 0.0958. The molecule has 0 aliphatic rings. The van der Waals surface area contributed by atoms with Crippen LogP contribution in [0.5, 0.6) is 0 Å². The summed E-state index contributed by atoms with van der Waals surface area (Å²) in [6.07, 6.45) is 1.62. The first-order valence-corrected chi connectivity index (χ1v) is 6.97. The molecule has 0 bridgehead atoms. The zero-order valence-electron chi connectivity index (χ0n) is 9.68. The van der Waals surface area contributed by atoms with Gasteiger partial charge in [-0.1, -0.05) is 28.1 Å². The highest BCUT2D eigenvalue weighted by molar-refractivity contribution is 9.10. The summed E-state index contributed by atoms with van der Waals surface area (Å²) in [7, 11) is 0. The number of hydrogen-bond donors (Lipinski definition) is 1. The van der Waals surface area contributed by atoms with Gasteiger partial charge in [-0.15, -0.1) is 11.3 Å². The van der Waals surface area contributed by atoms with Gasteiger partial charge in [0.1, 0.15) is 0 Å². The molecule has 0 aliphatic heterocycles. The summed E-state index contributed by atoms with van der Waals surface area (Å²) in [6, 6.07) is 9.60. The van der Waals surface area contributed by atoms with Crippen molar-refractivity contribution in [3.63, 3.8) is 0 Å². The van der Waals surface area contributed by atoms with Crippen molar-refractivity contribution in [2.45, 2.75) is 6.92 Å². The minimum absolute atomic E-state index is 0.172. The van der Waals surface area contributed by atoms with E-state index in [-0.39, 0.29) is 5.91 Å².